The number of aromatic hydroxyl groups is 1. The maximum atomic E-state index is 13.2. The molecule has 0 aromatic heterocycles. The van der Waals surface area contributed by atoms with Crippen molar-refractivity contribution in [3.05, 3.63) is 53.6 Å². The molecular weight excluding hydrogens is 432 g/mol. The summed E-state index contributed by atoms with van der Waals surface area (Å²) in [4.78, 5) is 24.6. The first kappa shape index (κ1) is 23.7. The third kappa shape index (κ3) is 5.28. The highest BCUT2D eigenvalue weighted by atomic mass is 32.2. The number of phenols is 1. The third-order valence-electron chi connectivity index (χ3n) is 5.70. The van der Waals surface area contributed by atoms with Gasteiger partial charge >= 0.3 is 5.97 Å². The Morgan fingerprint density at radius 2 is 1.78 bits per heavy atom. The molecule has 0 radical (unpaired) electrons. The first-order valence-corrected chi connectivity index (χ1v) is 12.0. The fraction of sp³-hybridized carbons (Fsp3) is 0.391. The average Bonchev–Trinajstić information content (AvgIpc) is 2.79. The number of rotatable bonds is 7. The Morgan fingerprint density at radius 1 is 1.09 bits per heavy atom. The molecule has 1 amide bonds. The zero-order valence-electron chi connectivity index (χ0n) is 18.2. The number of anilines is 1. The number of ether oxygens (including phenoxy) is 1. The molecule has 1 aliphatic carbocycles. The molecule has 0 bridgehead atoms. The van der Waals surface area contributed by atoms with Gasteiger partial charge in [-0.1, -0.05) is 43.5 Å². The van der Waals surface area contributed by atoms with Gasteiger partial charge in [-0.25, -0.2) is 13.2 Å². The fourth-order valence-corrected chi connectivity index (χ4v) is 5.37. The Kier molecular flexibility index (Phi) is 7.52. The Balaban J connectivity index is 1.69. The van der Waals surface area contributed by atoms with Crippen molar-refractivity contribution in [2.24, 2.45) is 0 Å². The number of carbonyl (C=O) groups is 2. The van der Waals surface area contributed by atoms with Crippen molar-refractivity contribution in [2.45, 2.75) is 50.0 Å². The van der Waals surface area contributed by atoms with Gasteiger partial charge in [0, 0.05) is 13.1 Å². The molecule has 0 heterocycles. The van der Waals surface area contributed by atoms with Gasteiger partial charge in [0.1, 0.15) is 16.2 Å². The number of benzene rings is 2. The van der Waals surface area contributed by atoms with Crippen molar-refractivity contribution in [1.82, 2.24) is 4.31 Å². The predicted octanol–water partition coefficient (Wildman–Crippen LogP) is 3.45. The number of aryl methyl sites for hydroxylation is 1. The highest BCUT2D eigenvalue weighted by molar-refractivity contribution is 7.89. The summed E-state index contributed by atoms with van der Waals surface area (Å²) < 4.78 is 32.8. The van der Waals surface area contributed by atoms with Crippen LogP contribution in [0.2, 0.25) is 0 Å². The zero-order valence-corrected chi connectivity index (χ0v) is 19.0. The van der Waals surface area contributed by atoms with E-state index >= 15 is 0 Å². The molecule has 3 rings (SSSR count). The standard InChI is InChI=1S/C23H28N2O6S/c1-16-9-8-12-18(22(16)27)23(28)31-15-21(26)24-19-13-6-7-14-20(19)32(29,30)25(2)17-10-4-3-5-11-17/h6-9,12-14,17,27H,3-5,10-11,15H2,1-2H3,(H,24,26). The molecule has 8 nitrogen and oxygen atoms in total. The van der Waals surface area contributed by atoms with Crippen LogP contribution in [0.3, 0.4) is 0 Å². The van der Waals surface area contributed by atoms with Crippen LogP contribution in [-0.4, -0.2) is 49.4 Å². The third-order valence-corrected chi connectivity index (χ3v) is 7.67. The van der Waals surface area contributed by atoms with E-state index in [4.69, 9.17) is 4.74 Å². The van der Waals surface area contributed by atoms with E-state index in [1.165, 1.54) is 22.5 Å². The quantitative estimate of drug-likeness (QED) is 0.612. The molecule has 2 aromatic carbocycles. The smallest absolute Gasteiger partial charge is 0.342 e. The molecule has 0 saturated heterocycles. The Labute approximate surface area is 188 Å². The Bertz CT molecular complexity index is 1090. The van der Waals surface area contributed by atoms with Crippen molar-refractivity contribution >= 4 is 27.6 Å². The molecule has 9 heteroatoms. The van der Waals surface area contributed by atoms with Gasteiger partial charge in [-0.3, -0.25) is 4.79 Å². The van der Waals surface area contributed by atoms with Crippen LogP contribution in [0.1, 0.15) is 48.0 Å². The second-order valence-electron chi connectivity index (χ2n) is 7.90. The minimum absolute atomic E-state index is 0.0101. The number of esters is 1. The minimum Gasteiger partial charge on any atom is -0.507 e. The van der Waals surface area contributed by atoms with E-state index in [0.717, 1.165) is 32.1 Å². The lowest BCUT2D eigenvalue weighted by molar-refractivity contribution is -0.119. The van der Waals surface area contributed by atoms with Gasteiger partial charge in [0.15, 0.2) is 6.61 Å². The molecule has 2 N–H and O–H groups in total. The van der Waals surface area contributed by atoms with Gasteiger partial charge in [0.05, 0.1) is 5.69 Å². The summed E-state index contributed by atoms with van der Waals surface area (Å²) in [6.07, 6.45) is 4.71. The molecule has 172 valence electrons. The SMILES string of the molecule is Cc1cccc(C(=O)OCC(=O)Nc2ccccc2S(=O)(=O)N(C)C2CCCCC2)c1O. The molecule has 0 aliphatic heterocycles. The molecule has 0 atom stereocenters. The first-order chi connectivity index (χ1) is 15.2. The number of hydrogen-bond donors (Lipinski definition) is 2. The summed E-state index contributed by atoms with van der Waals surface area (Å²) in [7, 11) is -2.25. The van der Waals surface area contributed by atoms with E-state index in [-0.39, 0.29) is 27.9 Å². The van der Waals surface area contributed by atoms with Crippen molar-refractivity contribution in [1.29, 1.82) is 0 Å². The van der Waals surface area contributed by atoms with E-state index < -0.39 is 28.5 Å². The summed E-state index contributed by atoms with van der Waals surface area (Å²) in [5.41, 5.74) is 0.578. The number of para-hydroxylation sites is 2. The second-order valence-corrected chi connectivity index (χ2v) is 9.87. The van der Waals surface area contributed by atoms with Gasteiger partial charge in [0.2, 0.25) is 10.0 Å². The van der Waals surface area contributed by atoms with Crippen LogP contribution in [0.15, 0.2) is 47.4 Å². The lowest BCUT2D eigenvalue weighted by Gasteiger charge is -2.30. The minimum atomic E-state index is -3.82. The highest BCUT2D eigenvalue weighted by Crippen LogP contribution is 2.30. The summed E-state index contributed by atoms with van der Waals surface area (Å²) in [5.74, 6) is -1.74. The van der Waals surface area contributed by atoms with Crippen LogP contribution in [0, 0.1) is 6.92 Å². The maximum absolute atomic E-state index is 13.2. The molecule has 2 aromatic rings. The number of hydrogen-bond acceptors (Lipinski definition) is 6. The van der Waals surface area contributed by atoms with E-state index in [1.54, 1.807) is 38.2 Å². The number of phenolic OH excluding ortho intramolecular Hbond substituents is 1. The van der Waals surface area contributed by atoms with Gasteiger partial charge in [-0.15, -0.1) is 0 Å². The summed E-state index contributed by atoms with van der Waals surface area (Å²) in [5, 5.41) is 12.5. The van der Waals surface area contributed by atoms with Crippen molar-refractivity contribution in [3.8, 4) is 5.75 Å². The van der Waals surface area contributed by atoms with Crippen LogP contribution >= 0.6 is 0 Å². The normalized spacial score (nSPS) is 14.8. The van der Waals surface area contributed by atoms with E-state index in [1.807, 2.05) is 0 Å². The molecule has 32 heavy (non-hydrogen) atoms. The average molecular weight is 461 g/mol. The zero-order chi connectivity index (χ0) is 23.3. The van der Waals surface area contributed by atoms with Crippen LogP contribution in [0.5, 0.6) is 5.75 Å². The highest BCUT2D eigenvalue weighted by Gasteiger charge is 2.31. The lowest BCUT2D eigenvalue weighted by atomic mass is 9.96. The van der Waals surface area contributed by atoms with Gasteiger partial charge < -0.3 is 15.2 Å². The van der Waals surface area contributed by atoms with Crippen molar-refractivity contribution < 1.29 is 27.9 Å². The summed E-state index contributed by atoms with van der Waals surface area (Å²) >= 11 is 0. The molecule has 0 spiro atoms. The van der Waals surface area contributed by atoms with E-state index in [2.05, 4.69) is 5.32 Å². The number of nitrogens with zero attached hydrogens (tertiary/aromatic N) is 1. The van der Waals surface area contributed by atoms with E-state index in [9.17, 15) is 23.1 Å². The lowest BCUT2D eigenvalue weighted by Crippen LogP contribution is -2.38. The van der Waals surface area contributed by atoms with Crippen LogP contribution in [0.4, 0.5) is 5.69 Å². The topological polar surface area (TPSA) is 113 Å². The Morgan fingerprint density at radius 3 is 2.50 bits per heavy atom. The Hall–Kier alpha value is -2.91. The van der Waals surface area contributed by atoms with Gasteiger partial charge in [0.25, 0.3) is 5.91 Å². The second kappa shape index (κ2) is 10.1. The predicted molar refractivity (Wildman–Crippen MR) is 120 cm³/mol. The molecular formula is C23H28N2O6S. The molecule has 1 saturated carbocycles. The van der Waals surface area contributed by atoms with Crippen molar-refractivity contribution in [2.75, 3.05) is 19.0 Å². The van der Waals surface area contributed by atoms with Crippen LogP contribution < -0.4 is 5.32 Å². The number of carbonyl (C=O) groups excluding carboxylic acids is 2. The maximum Gasteiger partial charge on any atom is 0.342 e. The molecule has 0 unspecified atom stereocenters. The number of sulfonamides is 1. The van der Waals surface area contributed by atoms with Crippen LogP contribution in [0.25, 0.3) is 0 Å². The van der Waals surface area contributed by atoms with Crippen LogP contribution in [-0.2, 0) is 19.6 Å². The largest absolute Gasteiger partial charge is 0.507 e. The molecule has 1 aliphatic rings. The van der Waals surface area contributed by atoms with Crippen molar-refractivity contribution in [3.63, 3.8) is 0 Å². The molecule has 1 fully saturated rings. The first-order valence-electron chi connectivity index (χ1n) is 10.5. The fourth-order valence-electron chi connectivity index (χ4n) is 3.81. The van der Waals surface area contributed by atoms with E-state index in [0.29, 0.717) is 5.56 Å². The summed E-state index contributed by atoms with van der Waals surface area (Å²) in [6.45, 7) is 1.01. The number of amides is 1. The van der Waals surface area contributed by atoms with Gasteiger partial charge in [-0.2, -0.15) is 4.31 Å². The monoisotopic (exact) mass is 460 g/mol. The number of nitrogens with one attached hydrogen (secondary N) is 1. The summed E-state index contributed by atoms with van der Waals surface area (Å²) in [6, 6.07) is 10.7. The van der Waals surface area contributed by atoms with Gasteiger partial charge in [-0.05, 0) is 43.5 Å².